The van der Waals surface area contributed by atoms with Crippen LogP contribution in [0, 0.1) is 0 Å². The Balaban J connectivity index is 1.79. The molecule has 0 atom stereocenters. The second-order valence-electron chi connectivity index (χ2n) is 6.46. The van der Waals surface area contributed by atoms with Gasteiger partial charge in [0.05, 0.1) is 4.90 Å². The number of sulfonamides is 1. The molecule has 2 aromatic rings. The highest BCUT2D eigenvalue weighted by Gasteiger charge is 2.18. The predicted molar refractivity (Wildman–Crippen MR) is 104 cm³/mol. The van der Waals surface area contributed by atoms with Crippen molar-refractivity contribution >= 4 is 21.4 Å². The molecular formula is C20H26N2O2S. The van der Waals surface area contributed by atoms with E-state index in [4.69, 9.17) is 0 Å². The summed E-state index contributed by atoms with van der Waals surface area (Å²) in [4.78, 5) is 2.57. The molecule has 0 aliphatic heterocycles. The van der Waals surface area contributed by atoms with E-state index in [2.05, 4.69) is 23.5 Å². The lowest BCUT2D eigenvalue weighted by molar-refractivity contribution is 0.600. The average molecular weight is 359 g/mol. The van der Waals surface area contributed by atoms with E-state index in [-0.39, 0.29) is 0 Å². The van der Waals surface area contributed by atoms with Crippen molar-refractivity contribution in [2.45, 2.75) is 44.4 Å². The van der Waals surface area contributed by atoms with Crippen LogP contribution in [0.1, 0.15) is 37.8 Å². The lowest BCUT2D eigenvalue weighted by atomic mass is 9.92. The van der Waals surface area contributed by atoms with Crippen molar-refractivity contribution in [3.05, 3.63) is 53.6 Å². The van der Waals surface area contributed by atoms with E-state index < -0.39 is 10.0 Å². The highest BCUT2D eigenvalue weighted by Crippen LogP contribution is 2.26. The average Bonchev–Trinajstić information content (AvgIpc) is 2.63. The van der Waals surface area contributed by atoms with E-state index >= 15 is 0 Å². The molecule has 3 rings (SSSR count). The molecule has 0 saturated heterocycles. The van der Waals surface area contributed by atoms with Crippen LogP contribution in [0.5, 0.6) is 0 Å². The van der Waals surface area contributed by atoms with Gasteiger partial charge in [-0.3, -0.25) is 4.72 Å². The maximum absolute atomic E-state index is 12.7. The van der Waals surface area contributed by atoms with Gasteiger partial charge in [0.15, 0.2) is 0 Å². The normalized spacial score (nSPS) is 14.0. The molecule has 0 saturated carbocycles. The summed E-state index contributed by atoms with van der Waals surface area (Å²) in [6, 6.07) is 13.1. The van der Waals surface area contributed by atoms with Crippen molar-refractivity contribution in [3.8, 4) is 0 Å². The van der Waals surface area contributed by atoms with Crippen LogP contribution in [0.25, 0.3) is 0 Å². The first-order valence-corrected chi connectivity index (χ1v) is 10.5. The van der Waals surface area contributed by atoms with Crippen LogP contribution >= 0.6 is 0 Å². The number of hydrogen-bond acceptors (Lipinski definition) is 3. The summed E-state index contributed by atoms with van der Waals surface area (Å²) in [5, 5.41) is 0. The lowest BCUT2D eigenvalue weighted by Gasteiger charge is -2.21. The van der Waals surface area contributed by atoms with Gasteiger partial charge in [0.2, 0.25) is 0 Å². The van der Waals surface area contributed by atoms with Gasteiger partial charge in [0.25, 0.3) is 10.0 Å². The summed E-state index contributed by atoms with van der Waals surface area (Å²) in [5.41, 5.74) is 4.15. The molecule has 25 heavy (non-hydrogen) atoms. The van der Waals surface area contributed by atoms with E-state index in [9.17, 15) is 8.42 Å². The predicted octanol–water partition coefficient (Wildman–Crippen LogP) is 4.21. The standard InChI is InChI=1S/C20H26N2O2S/c1-3-22(4-2)19-12-10-18(11-13-19)21-25(23,24)20-14-9-16-7-5-6-8-17(16)15-20/h9-15,21H,3-8H2,1-2H3. The first-order valence-electron chi connectivity index (χ1n) is 9.03. The molecule has 0 radical (unpaired) electrons. The largest absolute Gasteiger partial charge is 0.372 e. The zero-order valence-electron chi connectivity index (χ0n) is 15.0. The Morgan fingerprint density at radius 2 is 1.56 bits per heavy atom. The van der Waals surface area contributed by atoms with Gasteiger partial charge < -0.3 is 4.90 Å². The molecule has 5 heteroatoms. The minimum Gasteiger partial charge on any atom is -0.372 e. The summed E-state index contributed by atoms with van der Waals surface area (Å²) in [7, 11) is -3.55. The summed E-state index contributed by atoms with van der Waals surface area (Å²) in [6.07, 6.45) is 4.35. The highest BCUT2D eigenvalue weighted by molar-refractivity contribution is 7.92. The van der Waals surface area contributed by atoms with Crippen LogP contribution in [-0.2, 0) is 22.9 Å². The zero-order valence-corrected chi connectivity index (χ0v) is 15.8. The van der Waals surface area contributed by atoms with Crippen LogP contribution in [0.15, 0.2) is 47.4 Å². The van der Waals surface area contributed by atoms with Crippen molar-refractivity contribution in [3.63, 3.8) is 0 Å². The van der Waals surface area contributed by atoms with Gasteiger partial charge in [0.1, 0.15) is 0 Å². The SMILES string of the molecule is CCN(CC)c1ccc(NS(=O)(=O)c2ccc3c(c2)CCCC3)cc1. The molecule has 0 aromatic heterocycles. The number of aryl methyl sites for hydroxylation is 2. The second kappa shape index (κ2) is 7.48. The van der Waals surface area contributed by atoms with Crippen molar-refractivity contribution < 1.29 is 8.42 Å². The monoisotopic (exact) mass is 358 g/mol. The Labute approximate surface area is 150 Å². The van der Waals surface area contributed by atoms with Gasteiger partial charge in [0, 0.05) is 24.5 Å². The molecule has 0 heterocycles. The molecule has 0 spiro atoms. The van der Waals surface area contributed by atoms with Gasteiger partial charge >= 0.3 is 0 Å². The minimum atomic E-state index is -3.55. The summed E-state index contributed by atoms with van der Waals surface area (Å²) in [5.74, 6) is 0. The van der Waals surface area contributed by atoms with Crippen LogP contribution in [0.4, 0.5) is 11.4 Å². The van der Waals surface area contributed by atoms with Gasteiger partial charge in [-0.25, -0.2) is 8.42 Å². The first kappa shape index (κ1) is 17.8. The quantitative estimate of drug-likeness (QED) is 0.841. The van der Waals surface area contributed by atoms with E-state index in [1.54, 1.807) is 6.07 Å². The molecule has 2 aromatic carbocycles. The number of nitrogens with one attached hydrogen (secondary N) is 1. The van der Waals surface area contributed by atoms with Crippen LogP contribution in [0.2, 0.25) is 0 Å². The Morgan fingerprint density at radius 1 is 0.920 bits per heavy atom. The minimum absolute atomic E-state index is 0.348. The second-order valence-corrected chi connectivity index (χ2v) is 8.14. The Bertz CT molecular complexity index is 825. The van der Waals surface area contributed by atoms with Crippen molar-refractivity contribution in [2.75, 3.05) is 22.7 Å². The smallest absolute Gasteiger partial charge is 0.261 e. The third-order valence-electron chi connectivity index (χ3n) is 4.88. The van der Waals surface area contributed by atoms with Gasteiger partial charge in [-0.1, -0.05) is 6.07 Å². The number of hydrogen-bond donors (Lipinski definition) is 1. The summed E-state index contributed by atoms with van der Waals surface area (Å²) < 4.78 is 28.1. The fourth-order valence-electron chi connectivity index (χ4n) is 3.42. The number of benzene rings is 2. The van der Waals surface area contributed by atoms with E-state index in [1.165, 1.54) is 17.5 Å². The summed E-state index contributed by atoms with van der Waals surface area (Å²) >= 11 is 0. The fraction of sp³-hybridized carbons (Fsp3) is 0.400. The maximum atomic E-state index is 12.7. The van der Waals surface area contributed by atoms with E-state index in [1.807, 2.05) is 36.4 Å². The Morgan fingerprint density at radius 3 is 2.20 bits per heavy atom. The molecule has 0 fully saturated rings. The number of fused-ring (bicyclic) bond motifs is 1. The zero-order chi connectivity index (χ0) is 17.9. The molecule has 1 N–H and O–H groups in total. The first-order chi connectivity index (χ1) is 12.0. The van der Waals surface area contributed by atoms with Crippen LogP contribution in [0.3, 0.4) is 0 Å². The molecule has 0 bridgehead atoms. The molecule has 1 aliphatic rings. The number of anilines is 2. The molecule has 1 aliphatic carbocycles. The third kappa shape index (κ3) is 3.98. The maximum Gasteiger partial charge on any atom is 0.261 e. The van der Waals surface area contributed by atoms with Crippen molar-refractivity contribution in [1.82, 2.24) is 0 Å². The molecule has 4 nitrogen and oxygen atoms in total. The van der Waals surface area contributed by atoms with Crippen molar-refractivity contribution in [1.29, 1.82) is 0 Å². The van der Waals surface area contributed by atoms with Crippen LogP contribution < -0.4 is 9.62 Å². The Kier molecular flexibility index (Phi) is 5.33. The van der Waals surface area contributed by atoms with Gasteiger partial charge in [-0.15, -0.1) is 0 Å². The van der Waals surface area contributed by atoms with Gasteiger partial charge in [-0.2, -0.15) is 0 Å². The fourth-order valence-corrected chi connectivity index (χ4v) is 4.53. The molecule has 0 amide bonds. The molecule has 0 unspecified atom stereocenters. The number of rotatable bonds is 6. The third-order valence-corrected chi connectivity index (χ3v) is 6.26. The lowest BCUT2D eigenvalue weighted by Crippen LogP contribution is -2.21. The number of nitrogens with zero attached hydrogens (tertiary/aromatic N) is 1. The molecule has 134 valence electrons. The molecular weight excluding hydrogens is 332 g/mol. The van der Waals surface area contributed by atoms with Crippen molar-refractivity contribution in [2.24, 2.45) is 0 Å². The van der Waals surface area contributed by atoms with Gasteiger partial charge in [-0.05, 0) is 87.1 Å². The van der Waals surface area contributed by atoms with E-state index in [0.29, 0.717) is 10.6 Å². The highest BCUT2D eigenvalue weighted by atomic mass is 32.2. The van der Waals surface area contributed by atoms with Crippen LogP contribution in [-0.4, -0.2) is 21.5 Å². The van der Waals surface area contributed by atoms with E-state index in [0.717, 1.165) is 38.0 Å². The Hall–Kier alpha value is -2.01. The summed E-state index contributed by atoms with van der Waals surface area (Å²) in [6.45, 7) is 6.07. The topological polar surface area (TPSA) is 49.4 Å².